The van der Waals surface area contributed by atoms with Gasteiger partial charge in [0, 0.05) is 18.2 Å². The number of hydrogen-bond donors (Lipinski definition) is 2. The minimum atomic E-state index is -0.843. The lowest BCUT2D eigenvalue weighted by Gasteiger charge is -2.32. The smallest absolute Gasteiger partial charge is 0.409 e. The summed E-state index contributed by atoms with van der Waals surface area (Å²) in [5.41, 5.74) is 10.3. The Kier molecular flexibility index (Phi) is 7.18. The first kappa shape index (κ1) is 23.9. The van der Waals surface area contributed by atoms with Gasteiger partial charge in [0.25, 0.3) is 0 Å². The molecule has 0 atom stereocenters. The first-order valence-electron chi connectivity index (χ1n) is 12.5. The van der Waals surface area contributed by atoms with Crippen LogP contribution in [0.4, 0.5) is 4.79 Å². The number of aromatic amines is 1. The zero-order valence-electron chi connectivity index (χ0n) is 20.6. The molecule has 1 aromatic heterocycles. The van der Waals surface area contributed by atoms with Crippen molar-refractivity contribution >= 4 is 17.1 Å². The molecule has 36 heavy (non-hydrogen) atoms. The van der Waals surface area contributed by atoms with Crippen molar-refractivity contribution in [1.29, 1.82) is 0 Å². The molecule has 2 heterocycles. The minimum absolute atomic E-state index is 0.369. The molecular weight excluding hydrogens is 452 g/mol. The molecule has 1 amide bonds. The van der Waals surface area contributed by atoms with Crippen molar-refractivity contribution in [3.8, 4) is 22.9 Å². The van der Waals surface area contributed by atoms with Crippen molar-refractivity contribution in [3.63, 3.8) is 0 Å². The molecule has 3 aromatic carbocycles. The Hall–Kier alpha value is -3.84. The SMILES string of the molecule is Cc1ccc(CN2CCC(CCOc3ccc(-c4nc5cc(OC(N)=O)ccc5[nH]4)cc3)CC2)cc1. The highest BCUT2D eigenvalue weighted by molar-refractivity contribution is 5.81. The largest absolute Gasteiger partial charge is 0.494 e. The van der Waals surface area contributed by atoms with Crippen LogP contribution in [0.1, 0.15) is 30.4 Å². The third-order valence-electron chi connectivity index (χ3n) is 6.83. The van der Waals surface area contributed by atoms with Crippen LogP contribution in [-0.4, -0.2) is 40.7 Å². The molecule has 5 rings (SSSR count). The number of fused-ring (bicyclic) bond motifs is 1. The third-order valence-corrected chi connectivity index (χ3v) is 6.83. The van der Waals surface area contributed by atoms with Gasteiger partial charge in [0.2, 0.25) is 0 Å². The second-order valence-corrected chi connectivity index (χ2v) is 9.55. The van der Waals surface area contributed by atoms with Crippen LogP contribution in [-0.2, 0) is 6.54 Å². The molecule has 0 bridgehead atoms. The Balaban J connectivity index is 1.08. The number of benzene rings is 3. The Morgan fingerprint density at radius 2 is 1.75 bits per heavy atom. The number of rotatable bonds is 8. The molecule has 4 aromatic rings. The summed E-state index contributed by atoms with van der Waals surface area (Å²) >= 11 is 0. The Labute approximate surface area is 211 Å². The molecule has 0 aliphatic carbocycles. The van der Waals surface area contributed by atoms with Crippen LogP contribution in [0.3, 0.4) is 0 Å². The number of carbonyl (C=O) groups excluding carboxylic acids is 1. The fourth-order valence-corrected chi connectivity index (χ4v) is 4.74. The van der Waals surface area contributed by atoms with Gasteiger partial charge >= 0.3 is 6.09 Å². The fourth-order valence-electron chi connectivity index (χ4n) is 4.74. The molecule has 0 spiro atoms. The Bertz CT molecular complexity index is 1310. The summed E-state index contributed by atoms with van der Waals surface area (Å²) in [5, 5.41) is 0. The van der Waals surface area contributed by atoms with Crippen LogP contribution >= 0.6 is 0 Å². The van der Waals surface area contributed by atoms with E-state index in [1.54, 1.807) is 12.1 Å². The lowest BCUT2D eigenvalue weighted by Crippen LogP contribution is -2.33. The molecule has 1 saturated heterocycles. The molecule has 1 fully saturated rings. The van der Waals surface area contributed by atoms with Gasteiger partial charge in [-0.25, -0.2) is 9.78 Å². The highest BCUT2D eigenvalue weighted by Gasteiger charge is 2.19. The predicted octanol–water partition coefficient (Wildman–Crippen LogP) is 5.68. The van der Waals surface area contributed by atoms with Crippen molar-refractivity contribution in [2.75, 3.05) is 19.7 Å². The number of hydrogen-bond acceptors (Lipinski definition) is 5. The Morgan fingerprint density at radius 3 is 2.47 bits per heavy atom. The van der Waals surface area contributed by atoms with Crippen LogP contribution in [0, 0.1) is 12.8 Å². The molecule has 3 N–H and O–H groups in total. The number of piperidine rings is 1. The minimum Gasteiger partial charge on any atom is -0.494 e. The van der Waals surface area contributed by atoms with E-state index in [4.69, 9.17) is 15.2 Å². The molecule has 0 unspecified atom stereocenters. The molecule has 1 aliphatic heterocycles. The number of nitrogens with two attached hydrogens (primary N) is 1. The van der Waals surface area contributed by atoms with Gasteiger partial charge in [-0.05, 0) is 87.2 Å². The van der Waals surface area contributed by atoms with Crippen molar-refractivity contribution in [2.45, 2.75) is 32.7 Å². The average Bonchev–Trinajstić information content (AvgIpc) is 3.30. The van der Waals surface area contributed by atoms with E-state index in [1.165, 1.54) is 24.0 Å². The molecule has 1 aliphatic rings. The first-order chi connectivity index (χ1) is 17.5. The van der Waals surface area contributed by atoms with E-state index in [9.17, 15) is 4.79 Å². The first-order valence-corrected chi connectivity index (χ1v) is 12.5. The van der Waals surface area contributed by atoms with Crippen LogP contribution < -0.4 is 15.2 Å². The maximum absolute atomic E-state index is 11.0. The van der Waals surface area contributed by atoms with Crippen LogP contribution in [0.15, 0.2) is 66.7 Å². The van der Waals surface area contributed by atoms with E-state index < -0.39 is 6.09 Å². The van der Waals surface area contributed by atoms with E-state index in [2.05, 4.69) is 46.1 Å². The van der Waals surface area contributed by atoms with Crippen LogP contribution in [0.5, 0.6) is 11.5 Å². The summed E-state index contributed by atoms with van der Waals surface area (Å²) in [5.74, 6) is 2.69. The quantitative estimate of drug-likeness (QED) is 0.336. The summed E-state index contributed by atoms with van der Waals surface area (Å²) in [6.07, 6.45) is 2.70. The number of aromatic nitrogens is 2. The number of ether oxygens (including phenoxy) is 2. The van der Waals surface area contributed by atoms with Gasteiger partial charge in [-0.2, -0.15) is 0 Å². The summed E-state index contributed by atoms with van der Waals surface area (Å²) < 4.78 is 11.0. The highest BCUT2D eigenvalue weighted by Crippen LogP contribution is 2.26. The van der Waals surface area contributed by atoms with Crippen molar-refractivity contribution in [3.05, 3.63) is 77.9 Å². The van der Waals surface area contributed by atoms with E-state index in [1.807, 2.05) is 30.3 Å². The maximum atomic E-state index is 11.0. The van der Waals surface area contributed by atoms with E-state index in [0.717, 1.165) is 61.2 Å². The lowest BCUT2D eigenvalue weighted by atomic mass is 9.93. The number of nitrogens with zero attached hydrogens (tertiary/aromatic N) is 2. The topological polar surface area (TPSA) is 93.5 Å². The molecule has 7 heteroatoms. The fraction of sp³-hybridized carbons (Fsp3) is 0.310. The summed E-state index contributed by atoms with van der Waals surface area (Å²) in [7, 11) is 0. The number of carbonyl (C=O) groups is 1. The summed E-state index contributed by atoms with van der Waals surface area (Å²) in [6.45, 7) is 6.22. The van der Waals surface area contributed by atoms with Crippen molar-refractivity contribution < 1.29 is 14.3 Å². The van der Waals surface area contributed by atoms with E-state index >= 15 is 0 Å². The van der Waals surface area contributed by atoms with Gasteiger partial charge in [-0.1, -0.05) is 29.8 Å². The van der Waals surface area contributed by atoms with Gasteiger partial charge in [0.15, 0.2) is 0 Å². The highest BCUT2D eigenvalue weighted by atomic mass is 16.5. The Morgan fingerprint density at radius 1 is 1.03 bits per heavy atom. The zero-order valence-corrected chi connectivity index (χ0v) is 20.6. The van der Waals surface area contributed by atoms with Gasteiger partial charge in [0.1, 0.15) is 17.3 Å². The normalized spacial score (nSPS) is 14.7. The number of primary amides is 1. The standard InChI is InChI=1S/C29H32N4O3/c1-20-2-4-22(5-3-20)19-33-15-12-21(13-16-33)14-17-35-24-8-6-23(7-9-24)28-31-26-11-10-25(36-29(30)34)18-27(26)32-28/h2-11,18,21H,12-17,19H2,1H3,(H2,30,34)(H,31,32). The average molecular weight is 485 g/mol. The van der Waals surface area contributed by atoms with E-state index in [0.29, 0.717) is 11.3 Å². The lowest BCUT2D eigenvalue weighted by molar-refractivity contribution is 0.157. The number of likely N-dealkylation sites (tertiary alicyclic amines) is 1. The van der Waals surface area contributed by atoms with Crippen LogP contribution in [0.25, 0.3) is 22.4 Å². The second-order valence-electron chi connectivity index (χ2n) is 9.55. The monoisotopic (exact) mass is 484 g/mol. The third kappa shape index (κ3) is 6.04. The van der Waals surface area contributed by atoms with E-state index in [-0.39, 0.29) is 0 Å². The van der Waals surface area contributed by atoms with Gasteiger partial charge < -0.3 is 20.2 Å². The maximum Gasteiger partial charge on any atom is 0.409 e. The number of aryl methyl sites for hydroxylation is 1. The molecule has 0 radical (unpaired) electrons. The number of H-pyrrole nitrogens is 1. The predicted molar refractivity (Wildman–Crippen MR) is 141 cm³/mol. The van der Waals surface area contributed by atoms with Crippen LogP contribution in [0.2, 0.25) is 0 Å². The number of imidazole rings is 1. The molecule has 7 nitrogen and oxygen atoms in total. The summed E-state index contributed by atoms with van der Waals surface area (Å²) in [4.78, 5) is 21.4. The van der Waals surface area contributed by atoms with Crippen molar-refractivity contribution in [1.82, 2.24) is 14.9 Å². The van der Waals surface area contributed by atoms with Gasteiger partial charge in [0.05, 0.1) is 17.6 Å². The number of nitrogens with one attached hydrogen (secondary N) is 1. The van der Waals surface area contributed by atoms with Crippen molar-refractivity contribution in [2.24, 2.45) is 11.7 Å². The zero-order chi connectivity index (χ0) is 24.9. The molecular formula is C29H32N4O3. The second kappa shape index (κ2) is 10.8. The van der Waals surface area contributed by atoms with Gasteiger partial charge in [-0.15, -0.1) is 0 Å². The van der Waals surface area contributed by atoms with Gasteiger partial charge in [-0.3, -0.25) is 4.90 Å². The summed E-state index contributed by atoms with van der Waals surface area (Å²) in [6, 6.07) is 22.0. The number of amides is 1. The molecule has 0 saturated carbocycles. The molecule has 186 valence electrons.